The zero-order chi connectivity index (χ0) is 15.2. The van der Waals surface area contributed by atoms with Crippen LogP contribution in [0.4, 0.5) is 16.3 Å². The fourth-order valence-corrected chi connectivity index (χ4v) is 1.74. The predicted octanol–water partition coefficient (Wildman–Crippen LogP) is 3.17. The average molecular weight is 306 g/mol. The molecule has 0 aliphatic heterocycles. The van der Waals surface area contributed by atoms with E-state index < -0.39 is 12.0 Å². The maximum Gasteiger partial charge on any atom is 0.337 e. The molecule has 108 valence electrons. The standard InChI is InChI=1S/C14H12ClN3O3/c1-21-13(19)9-5-6-10(15)11(8-9)17-14(20)18-12-4-2-3-7-16-12/h2-8H,1H3,(H2,16,17,18,20). The number of benzene rings is 1. The monoisotopic (exact) mass is 305 g/mol. The lowest BCUT2D eigenvalue weighted by atomic mass is 10.2. The summed E-state index contributed by atoms with van der Waals surface area (Å²) in [6.45, 7) is 0. The number of hydrogen-bond donors (Lipinski definition) is 2. The molecule has 0 fully saturated rings. The van der Waals surface area contributed by atoms with Crippen molar-refractivity contribution in [1.29, 1.82) is 0 Å². The van der Waals surface area contributed by atoms with Gasteiger partial charge in [-0.3, -0.25) is 5.32 Å². The number of nitrogens with one attached hydrogen (secondary N) is 2. The van der Waals surface area contributed by atoms with Crippen LogP contribution in [0.2, 0.25) is 5.02 Å². The summed E-state index contributed by atoms with van der Waals surface area (Å²) in [6.07, 6.45) is 1.56. The van der Waals surface area contributed by atoms with Gasteiger partial charge in [0, 0.05) is 6.20 Å². The van der Waals surface area contributed by atoms with Crippen molar-refractivity contribution in [3.8, 4) is 0 Å². The first-order valence-corrected chi connectivity index (χ1v) is 6.35. The summed E-state index contributed by atoms with van der Waals surface area (Å²) in [5.41, 5.74) is 0.586. The molecule has 0 aliphatic carbocycles. The molecule has 2 rings (SSSR count). The number of amides is 2. The van der Waals surface area contributed by atoms with E-state index in [4.69, 9.17) is 11.6 Å². The van der Waals surface area contributed by atoms with Crippen LogP contribution in [0.1, 0.15) is 10.4 Å². The number of rotatable bonds is 3. The number of anilines is 2. The fourth-order valence-electron chi connectivity index (χ4n) is 1.57. The van der Waals surface area contributed by atoms with E-state index in [1.54, 1.807) is 24.4 Å². The Morgan fingerprint density at radius 3 is 2.67 bits per heavy atom. The van der Waals surface area contributed by atoms with Crippen molar-refractivity contribution < 1.29 is 14.3 Å². The van der Waals surface area contributed by atoms with Crippen molar-refractivity contribution >= 4 is 35.1 Å². The Balaban J connectivity index is 2.11. The summed E-state index contributed by atoms with van der Waals surface area (Å²) in [6, 6.07) is 9.06. The van der Waals surface area contributed by atoms with E-state index >= 15 is 0 Å². The summed E-state index contributed by atoms with van der Waals surface area (Å²) < 4.78 is 4.61. The van der Waals surface area contributed by atoms with Gasteiger partial charge in [-0.25, -0.2) is 14.6 Å². The number of hydrogen-bond acceptors (Lipinski definition) is 4. The van der Waals surface area contributed by atoms with Crippen LogP contribution in [0.15, 0.2) is 42.6 Å². The highest BCUT2D eigenvalue weighted by Crippen LogP contribution is 2.23. The van der Waals surface area contributed by atoms with Crippen LogP contribution in [-0.2, 0) is 4.74 Å². The van der Waals surface area contributed by atoms with Crippen LogP contribution in [0, 0.1) is 0 Å². The van der Waals surface area contributed by atoms with Gasteiger partial charge in [0.1, 0.15) is 5.82 Å². The van der Waals surface area contributed by atoms with Crippen LogP contribution in [-0.4, -0.2) is 24.1 Å². The summed E-state index contributed by atoms with van der Waals surface area (Å²) >= 11 is 5.98. The van der Waals surface area contributed by atoms with Crippen LogP contribution in [0.5, 0.6) is 0 Å². The summed E-state index contributed by atoms with van der Waals surface area (Å²) in [5.74, 6) is -0.116. The number of pyridine rings is 1. The number of carbonyl (C=O) groups is 2. The molecule has 2 amide bonds. The van der Waals surface area contributed by atoms with Gasteiger partial charge in [-0.15, -0.1) is 0 Å². The third kappa shape index (κ3) is 3.93. The van der Waals surface area contributed by atoms with Crippen molar-refractivity contribution in [2.75, 3.05) is 17.7 Å². The minimum Gasteiger partial charge on any atom is -0.465 e. The minimum atomic E-state index is -0.516. The lowest BCUT2D eigenvalue weighted by Crippen LogP contribution is -2.20. The second kappa shape index (κ2) is 6.71. The van der Waals surface area contributed by atoms with Crippen molar-refractivity contribution in [3.05, 3.63) is 53.2 Å². The van der Waals surface area contributed by atoms with E-state index in [0.29, 0.717) is 16.5 Å². The first kappa shape index (κ1) is 14.8. The zero-order valence-corrected chi connectivity index (χ0v) is 11.8. The molecule has 1 aromatic carbocycles. The molecule has 0 saturated heterocycles. The molecule has 1 aromatic heterocycles. The van der Waals surface area contributed by atoms with Crippen LogP contribution >= 0.6 is 11.6 Å². The van der Waals surface area contributed by atoms with Gasteiger partial charge < -0.3 is 10.1 Å². The smallest absolute Gasteiger partial charge is 0.337 e. The van der Waals surface area contributed by atoms with Crippen LogP contribution < -0.4 is 10.6 Å². The topological polar surface area (TPSA) is 80.3 Å². The molecule has 2 aromatic rings. The summed E-state index contributed by atoms with van der Waals surface area (Å²) in [5, 5.41) is 5.40. The first-order valence-electron chi connectivity index (χ1n) is 5.97. The second-order valence-electron chi connectivity index (χ2n) is 3.98. The highest BCUT2D eigenvalue weighted by atomic mass is 35.5. The third-order valence-corrected chi connectivity index (χ3v) is 2.87. The Hall–Kier alpha value is -2.60. The minimum absolute atomic E-state index is 0.287. The molecule has 21 heavy (non-hydrogen) atoms. The second-order valence-corrected chi connectivity index (χ2v) is 4.39. The molecule has 6 nitrogen and oxygen atoms in total. The number of ether oxygens (including phenoxy) is 1. The zero-order valence-electron chi connectivity index (χ0n) is 11.1. The lowest BCUT2D eigenvalue weighted by molar-refractivity contribution is 0.0601. The van der Waals surface area contributed by atoms with Gasteiger partial charge in [-0.1, -0.05) is 17.7 Å². The molecule has 0 aliphatic rings. The SMILES string of the molecule is COC(=O)c1ccc(Cl)c(NC(=O)Nc2ccccn2)c1. The Morgan fingerprint density at radius 1 is 1.19 bits per heavy atom. The Bertz CT molecular complexity index is 662. The van der Waals surface area contributed by atoms with Crippen molar-refractivity contribution in [2.24, 2.45) is 0 Å². The van der Waals surface area contributed by atoms with Crippen LogP contribution in [0.3, 0.4) is 0 Å². The summed E-state index contributed by atoms with van der Waals surface area (Å²) in [4.78, 5) is 27.3. The number of halogens is 1. The molecule has 0 unspecified atom stereocenters. The van der Waals surface area contributed by atoms with Gasteiger partial charge in [-0.05, 0) is 30.3 Å². The molecule has 0 saturated carbocycles. The van der Waals surface area contributed by atoms with Gasteiger partial charge in [0.05, 0.1) is 23.4 Å². The number of urea groups is 1. The Morgan fingerprint density at radius 2 is 2.00 bits per heavy atom. The molecule has 0 atom stereocenters. The maximum absolute atomic E-state index is 11.8. The van der Waals surface area contributed by atoms with Crippen molar-refractivity contribution in [2.45, 2.75) is 0 Å². The molecule has 0 bridgehead atoms. The van der Waals surface area contributed by atoms with E-state index in [0.717, 1.165) is 0 Å². The molecule has 7 heteroatoms. The van der Waals surface area contributed by atoms with E-state index in [2.05, 4.69) is 20.4 Å². The van der Waals surface area contributed by atoms with Gasteiger partial charge in [0.25, 0.3) is 0 Å². The van der Waals surface area contributed by atoms with E-state index in [1.165, 1.54) is 25.3 Å². The maximum atomic E-state index is 11.8. The van der Waals surface area contributed by atoms with Crippen molar-refractivity contribution in [3.63, 3.8) is 0 Å². The van der Waals surface area contributed by atoms with Gasteiger partial charge in [0.15, 0.2) is 0 Å². The molecule has 1 heterocycles. The molecular formula is C14H12ClN3O3. The third-order valence-electron chi connectivity index (χ3n) is 2.54. The number of nitrogens with zero attached hydrogens (tertiary/aromatic N) is 1. The molecule has 2 N–H and O–H groups in total. The quantitative estimate of drug-likeness (QED) is 0.854. The number of esters is 1. The highest BCUT2D eigenvalue weighted by Gasteiger charge is 2.11. The van der Waals surface area contributed by atoms with E-state index in [1.807, 2.05) is 0 Å². The molecule has 0 radical (unpaired) electrons. The van der Waals surface area contributed by atoms with Crippen molar-refractivity contribution in [1.82, 2.24) is 4.98 Å². The molecule has 0 spiro atoms. The number of methoxy groups -OCH3 is 1. The van der Waals surface area contributed by atoms with Gasteiger partial charge in [0.2, 0.25) is 0 Å². The number of aromatic nitrogens is 1. The Labute approximate surface area is 126 Å². The highest BCUT2D eigenvalue weighted by molar-refractivity contribution is 6.34. The average Bonchev–Trinajstić information content (AvgIpc) is 2.49. The number of carbonyl (C=O) groups excluding carboxylic acids is 2. The lowest BCUT2D eigenvalue weighted by Gasteiger charge is -2.09. The van der Waals surface area contributed by atoms with E-state index in [9.17, 15) is 9.59 Å². The summed E-state index contributed by atoms with van der Waals surface area (Å²) in [7, 11) is 1.28. The van der Waals surface area contributed by atoms with Gasteiger partial charge >= 0.3 is 12.0 Å². The van der Waals surface area contributed by atoms with Gasteiger partial charge in [-0.2, -0.15) is 0 Å². The largest absolute Gasteiger partial charge is 0.465 e. The first-order chi connectivity index (χ1) is 10.1. The fraction of sp³-hybridized carbons (Fsp3) is 0.0714. The molecular weight excluding hydrogens is 294 g/mol. The van der Waals surface area contributed by atoms with Crippen LogP contribution in [0.25, 0.3) is 0 Å². The predicted molar refractivity (Wildman–Crippen MR) is 79.7 cm³/mol. The normalized spacial score (nSPS) is 9.81. The Kier molecular flexibility index (Phi) is 4.73. The van der Waals surface area contributed by atoms with E-state index in [-0.39, 0.29) is 5.56 Å².